The molecule has 0 fully saturated rings. The van der Waals surface area contributed by atoms with Gasteiger partial charge >= 0.3 is 5.69 Å². The number of sulfonamides is 1. The Bertz CT molecular complexity index is 848. The Morgan fingerprint density at radius 2 is 2.05 bits per heavy atom. The summed E-state index contributed by atoms with van der Waals surface area (Å²) in [6.45, 7) is 0.108. The highest BCUT2D eigenvalue weighted by Gasteiger charge is 2.20. The summed E-state index contributed by atoms with van der Waals surface area (Å²) in [4.78, 5) is 29.6. The number of nitrogens with zero attached hydrogens (tertiary/aromatic N) is 3. The van der Waals surface area contributed by atoms with Gasteiger partial charge in [-0.05, 0) is 0 Å². The molecule has 0 bridgehead atoms. The zero-order valence-corrected chi connectivity index (χ0v) is 12.3. The summed E-state index contributed by atoms with van der Waals surface area (Å²) in [5, 5.41) is 0. The van der Waals surface area contributed by atoms with Crippen molar-refractivity contribution >= 4 is 10.0 Å². The minimum absolute atomic E-state index is 0.108. The van der Waals surface area contributed by atoms with E-state index in [1.165, 1.54) is 20.4 Å². The van der Waals surface area contributed by atoms with Crippen molar-refractivity contribution in [3.05, 3.63) is 45.3 Å². The van der Waals surface area contributed by atoms with Crippen molar-refractivity contribution < 1.29 is 8.42 Å². The largest absolute Gasteiger partial charge is 0.348 e. The van der Waals surface area contributed by atoms with Crippen molar-refractivity contribution in [2.45, 2.75) is 11.3 Å². The Morgan fingerprint density at radius 3 is 2.67 bits per heavy atom. The van der Waals surface area contributed by atoms with Crippen LogP contribution in [0.15, 0.2) is 33.2 Å². The highest BCUT2D eigenvalue weighted by atomic mass is 32.2. The van der Waals surface area contributed by atoms with Crippen LogP contribution < -0.4 is 16.0 Å². The minimum atomic E-state index is -3.98. The molecule has 0 aliphatic rings. The predicted octanol–water partition coefficient (Wildman–Crippen LogP) is -1.67. The zero-order chi connectivity index (χ0) is 15.6. The average Bonchev–Trinajstić information content (AvgIpc) is 2.93. The van der Waals surface area contributed by atoms with Gasteiger partial charge < -0.3 is 9.55 Å². The number of nitrogens with one attached hydrogen (secondary N) is 2. The number of rotatable bonds is 5. The molecule has 0 amide bonds. The van der Waals surface area contributed by atoms with E-state index in [4.69, 9.17) is 0 Å². The van der Waals surface area contributed by atoms with E-state index in [0.717, 1.165) is 21.0 Å². The van der Waals surface area contributed by atoms with Crippen LogP contribution in [0.25, 0.3) is 0 Å². The van der Waals surface area contributed by atoms with E-state index in [1.807, 2.05) is 0 Å². The summed E-state index contributed by atoms with van der Waals surface area (Å²) < 4.78 is 28.4. The molecule has 0 saturated heterocycles. The lowest BCUT2D eigenvalue weighted by molar-refractivity contribution is 0.570. The van der Waals surface area contributed by atoms with Crippen LogP contribution in [0.1, 0.15) is 5.69 Å². The number of aryl methyl sites for hydroxylation is 1. The van der Waals surface area contributed by atoms with Gasteiger partial charge in [0.15, 0.2) is 4.90 Å². The third kappa shape index (κ3) is 3.11. The van der Waals surface area contributed by atoms with Crippen LogP contribution in [-0.2, 0) is 30.5 Å². The standard InChI is InChI=1S/C11H15N5O4S/c1-15-6-9(10(17)16(2)11(15)18)21(19,20)14-4-3-8-5-12-7-13-8/h5-7,14H,3-4H2,1-2H3,(H,12,13). The second kappa shape index (κ2) is 5.66. The van der Waals surface area contributed by atoms with Crippen LogP contribution in [0.3, 0.4) is 0 Å². The van der Waals surface area contributed by atoms with Crippen molar-refractivity contribution in [1.82, 2.24) is 23.8 Å². The second-order valence-corrected chi connectivity index (χ2v) is 6.21. The zero-order valence-electron chi connectivity index (χ0n) is 11.5. The molecule has 0 saturated carbocycles. The fraction of sp³-hybridized carbons (Fsp3) is 0.364. The lowest BCUT2D eigenvalue weighted by Crippen LogP contribution is -2.41. The average molecular weight is 313 g/mol. The van der Waals surface area contributed by atoms with Crippen molar-refractivity contribution in [3.8, 4) is 0 Å². The number of aromatic nitrogens is 4. The topological polar surface area (TPSA) is 119 Å². The van der Waals surface area contributed by atoms with Gasteiger partial charge in [0.05, 0.1) is 6.33 Å². The highest BCUT2D eigenvalue weighted by Crippen LogP contribution is 2.00. The van der Waals surface area contributed by atoms with Gasteiger partial charge in [0.25, 0.3) is 5.56 Å². The highest BCUT2D eigenvalue weighted by molar-refractivity contribution is 7.89. The van der Waals surface area contributed by atoms with Gasteiger partial charge in [0, 0.05) is 45.1 Å². The van der Waals surface area contributed by atoms with Gasteiger partial charge in [0.2, 0.25) is 10.0 Å². The molecule has 2 N–H and O–H groups in total. The smallest absolute Gasteiger partial charge is 0.330 e. The maximum absolute atomic E-state index is 12.1. The monoisotopic (exact) mass is 313 g/mol. The fourth-order valence-electron chi connectivity index (χ4n) is 1.78. The van der Waals surface area contributed by atoms with E-state index in [2.05, 4.69) is 14.7 Å². The van der Waals surface area contributed by atoms with E-state index in [1.54, 1.807) is 6.20 Å². The first-order chi connectivity index (χ1) is 9.83. The number of imidazole rings is 1. The molecule has 0 atom stereocenters. The van der Waals surface area contributed by atoms with Crippen LogP contribution >= 0.6 is 0 Å². The van der Waals surface area contributed by atoms with Gasteiger partial charge in [-0.2, -0.15) is 0 Å². The molecule has 2 aromatic rings. The summed E-state index contributed by atoms with van der Waals surface area (Å²) in [6.07, 6.45) is 4.50. The van der Waals surface area contributed by atoms with Crippen LogP contribution in [0.4, 0.5) is 0 Å². The summed E-state index contributed by atoms with van der Waals surface area (Å²) in [7, 11) is -1.37. The predicted molar refractivity (Wildman–Crippen MR) is 74.4 cm³/mol. The maximum atomic E-state index is 12.1. The Morgan fingerprint density at radius 1 is 1.33 bits per heavy atom. The van der Waals surface area contributed by atoms with Gasteiger partial charge in [0.1, 0.15) is 0 Å². The molecule has 2 aromatic heterocycles. The third-order valence-electron chi connectivity index (χ3n) is 2.95. The van der Waals surface area contributed by atoms with Crippen LogP contribution in [-0.4, -0.2) is 34.1 Å². The molecule has 0 unspecified atom stereocenters. The van der Waals surface area contributed by atoms with Crippen LogP contribution in [0.5, 0.6) is 0 Å². The molecular weight excluding hydrogens is 298 g/mol. The van der Waals surface area contributed by atoms with Crippen LogP contribution in [0, 0.1) is 0 Å². The number of hydrogen-bond donors (Lipinski definition) is 2. The quantitative estimate of drug-likeness (QED) is 0.684. The molecule has 2 heterocycles. The van der Waals surface area contributed by atoms with E-state index >= 15 is 0 Å². The van der Waals surface area contributed by atoms with E-state index in [9.17, 15) is 18.0 Å². The molecule has 2 rings (SSSR count). The first-order valence-corrected chi connectivity index (χ1v) is 7.55. The maximum Gasteiger partial charge on any atom is 0.330 e. The number of H-pyrrole nitrogens is 1. The molecular formula is C11H15N5O4S. The number of aromatic amines is 1. The number of hydrogen-bond acceptors (Lipinski definition) is 5. The van der Waals surface area contributed by atoms with Crippen molar-refractivity contribution in [2.24, 2.45) is 14.1 Å². The van der Waals surface area contributed by atoms with Crippen LogP contribution in [0.2, 0.25) is 0 Å². The van der Waals surface area contributed by atoms with E-state index in [-0.39, 0.29) is 6.54 Å². The Balaban J connectivity index is 2.24. The molecule has 0 aliphatic heterocycles. The summed E-state index contributed by atoms with van der Waals surface area (Å²) in [5.74, 6) is 0. The Hall–Kier alpha value is -2.20. The third-order valence-corrected chi connectivity index (χ3v) is 4.39. The molecule has 9 nitrogen and oxygen atoms in total. The molecule has 10 heteroatoms. The van der Waals surface area contributed by atoms with E-state index < -0.39 is 26.2 Å². The fourth-order valence-corrected chi connectivity index (χ4v) is 2.97. The molecule has 21 heavy (non-hydrogen) atoms. The first-order valence-electron chi connectivity index (χ1n) is 6.06. The SMILES string of the molecule is Cn1cc(S(=O)(=O)NCCc2cnc[nH]2)c(=O)n(C)c1=O. The van der Waals surface area contributed by atoms with Gasteiger partial charge in [-0.1, -0.05) is 0 Å². The van der Waals surface area contributed by atoms with Gasteiger partial charge in [-0.25, -0.2) is 22.9 Å². The summed E-state index contributed by atoms with van der Waals surface area (Å²) in [5.41, 5.74) is -0.672. The minimum Gasteiger partial charge on any atom is -0.348 e. The lowest BCUT2D eigenvalue weighted by Gasteiger charge is -2.08. The van der Waals surface area contributed by atoms with Crippen molar-refractivity contribution in [3.63, 3.8) is 0 Å². The Kier molecular flexibility index (Phi) is 4.09. The molecule has 114 valence electrons. The molecule has 0 spiro atoms. The second-order valence-electron chi connectivity index (χ2n) is 4.48. The summed E-state index contributed by atoms with van der Waals surface area (Å²) in [6, 6.07) is 0. The Labute approximate surface area is 120 Å². The van der Waals surface area contributed by atoms with Gasteiger partial charge in [-0.15, -0.1) is 0 Å². The first kappa shape index (κ1) is 15.2. The van der Waals surface area contributed by atoms with Crippen molar-refractivity contribution in [2.75, 3.05) is 6.54 Å². The summed E-state index contributed by atoms with van der Waals surface area (Å²) >= 11 is 0. The molecule has 0 aliphatic carbocycles. The normalized spacial score (nSPS) is 11.7. The van der Waals surface area contributed by atoms with Gasteiger partial charge in [-0.3, -0.25) is 9.36 Å². The molecule has 0 aromatic carbocycles. The lowest BCUT2D eigenvalue weighted by atomic mass is 10.3. The van der Waals surface area contributed by atoms with Crippen molar-refractivity contribution in [1.29, 1.82) is 0 Å². The molecule has 0 radical (unpaired) electrons. The van der Waals surface area contributed by atoms with E-state index in [0.29, 0.717) is 6.42 Å².